The first-order valence-electron chi connectivity index (χ1n) is 4.65. The van der Waals surface area contributed by atoms with Crippen molar-refractivity contribution >= 4 is 11.8 Å². The third-order valence-electron chi connectivity index (χ3n) is 2.03. The van der Waals surface area contributed by atoms with Gasteiger partial charge in [-0.25, -0.2) is 0 Å². The predicted octanol–water partition coefficient (Wildman–Crippen LogP) is 0.261. The molecule has 0 aliphatic carbocycles. The van der Waals surface area contributed by atoms with Gasteiger partial charge in [-0.2, -0.15) is 0 Å². The maximum atomic E-state index is 11.3. The minimum atomic E-state index is -0.421. The molecule has 0 spiro atoms. The second-order valence-electron chi connectivity index (χ2n) is 3.11. The van der Waals surface area contributed by atoms with Gasteiger partial charge in [-0.05, 0) is 19.9 Å². The minimum Gasteiger partial charge on any atom is -0.465 e. The molecule has 0 aromatic rings. The highest BCUT2D eigenvalue weighted by atomic mass is 16.5. The van der Waals surface area contributed by atoms with Crippen LogP contribution < -0.4 is 5.32 Å². The molecule has 4 nitrogen and oxygen atoms in total. The Balaban J connectivity index is 2.47. The summed E-state index contributed by atoms with van der Waals surface area (Å²) < 4.78 is 4.83. The van der Waals surface area contributed by atoms with Crippen molar-refractivity contribution in [2.24, 2.45) is 0 Å². The van der Waals surface area contributed by atoms with Gasteiger partial charge >= 0.3 is 5.97 Å². The lowest BCUT2D eigenvalue weighted by Gasteiger charge is -2.12. The molecule has 13 heavy (non-hydrogen) atoms. The van der Waals surface area contributed by atoms with Crippen LogP contribution in [-0.2, 0) is 14.3 Å². The zero-order valence-corrected chi connectivity index (χ0v) is 7.84. The van der Waals surface area contributed by atoms with Gasteiger partial charge in [0.25, 0.3) is 0 Å². The number of rotatable bonds is 2. The summed E-state index contributed by atoms with van der Waals surface area (Å²) >= 11 is 0. The van der Waals surface area contributed by atoms with E-state index in [0.29, 0.717) is 13.0 Å². The van der Waals surface area contributed by atoms with E-state index in [4.69, 9.17) is 4.74 Å². The summed E-state index contributed by atoms with van der Waals surface area (Å²) in [5, 5.41) is 3.00. The van der Waals surface area contributed by atoms with Crippen LogP contribution in [0.4, 0.5) is 0 Å². The molecule has 0 aromatic carbocycles. The summed E-state index contributed by atoms with van der Waals surface area (Å²) in [5.74, 6) is -0.166. The molecule has 0 radical (unpaired) electrons. The number of carbonyl (C=O) groups excluding carboxylic acids is 2. The van der Waals surface area contributed by atoms with Gasteiger partial charge < -0.3 is 10.1 Å². The molecule has 1 saturated heterocycles. The number of esters is 1. The molecule has 1 N–H and O–H groups in total. The van der Waals surface area contributed by atoms with E-state index in [1.54, 1.807) is 6.92 Å². The van der Waals surface area contributed by atoms with Gasteiger partial charge in [0.15, 0.2) is 0 Å². The van der Waals surface area contributed by atoms with E-state index >= 15 is 0 Å². The number of ketones is 1. The first-order chi connectivity index (χ1) is 6.24. The summed E-state index contributed by atoms with van der Waals surface area (Å²) in [6.07, 6.45) is 1.66. The van der Waals surface area contributed by atoms with E-state index in [-0.39, 0.29) is 18.2 Å². The van der Waals surface area contributed by atoms with Gasteiger partial charge in [-0.1, -0.05) is 0 Å². The highest BCUT2D eigenvalue weighted by Gasteiger charge is 2.24. The van der Waals surface area contributed by atoms with Crippen molar-refractivity contribution in [3.63, 3.8) is 0 Å². The Kier molecular flexibility index (Phi) is 3.89. The van der Waals surface area contributed by atoms with Crippen LogP contribution in [-0.4, -0.2) is 30.9 Å². The fraction of sp³-hybridized carbons (Fsp3) is 0.778. The predicted molar refractivity (Wildman–Crippen MR) is 47.3 cm³/mol. The fourth-order valence-electron chi connectivity index (χ4n) is 1.37. The van der Waals surface area contributed by atoms with E-state index in [9.17, 15) is 9.59 Å². The molecule has 4 heteroatoms. The molecular weight excluding hydrogens is 170 g/mol. The van der Waals surface area contributed by atoms with Crippen LogP contribution in [0.15, 0.2) is 0 Å². The van der Waals surface area contributed by atoms with Crippen molar-refractivity contribution in [1.82, 2.24) is 5.32 Å². The van der Waals surface area contributed by atoms with E-state index in [1.165, 1.54) is 0 Å². The quantitative estimate of drug-likeness (QED) is 0.627. The Morgan fingerprint density at radius 2 is 2.46 bits per heavy atom. The van der Waals surface area contributed by atoms with Gasteiger partial charge in [0.1, 0.15) is 11.8 Å². The van der Waals surface area contributed by atoms with Gasteiger partial charge in [-0.15, -0.1) is 0 Å². The first kappa shape index (κ1) is 10.2. The molecule has 0 aromatic heterocycles. The molecule has 1 fully saturated rings. The van der Waals surface area contributed by atoms with E-state index in [0.717, 1.165) is 13.0 Å². The molecular formula is C9H15NO3. The zero-order valence-electron chi connectivity index (χ0n) is 7.84. The van der Waals surface area contributed by atoms with Crippen molar-refractivity contribution in [2.75, 3.05) is 13.2 Å². The van der Waals surface area contributed by atoms with Crippen molar-refractivity contribution in [3.8, 4) is 0 Å². The van der Waals surface area contributed by atoms with Crippen LogP contribution >= 0.6 is 0 Å². The second-order valence-corrected chi connectivity index (χ2v) is 3.11. The summed E-state index contributed by atoms with van der Waals surface area (Å²) in [6, 6.07) is -0.421. The van der Waals surface area contributed by atoms with Crippen LogP contribution in [0.5, 0.6) is 0 Å². The molecule has 74 valence electrons. The average Bonchev–Trinajstić information content (AvgIpc) is 2.30. The zero-order chi connectivity index (χ0) is 9.68. The standard InChI is InChI=1S/C9H15NO3/c1-2-13-9(12)8-6-7(11)4-3-5-10-8/h8,10H,2-6H2,1H3. The average molecular weight is 185 g/mol. The normalized spacial score (nSPS) is 23.8. The first-order valence-corrected chi connectivity index (χ1v) is 4.65. The molecule has 1 aliphatic rings. The topological polar surface area (TPSA) is 55.4 Å². The summed E-state index contributed by atoms with van der Waals surface area (Å²) in [5.41, 5.74) is 0. The van der Waals surface area contributed by atoms with E-state index < -0.39 is 6.04 Å². The number of carbonyl (C=O) groups is 2. The molecule has 1 atom stereocenters. The Labute approximate surface area is 77.6 Å². The number of Topliss-reactive ketones (excluding diaryl/α,β-unsaturated/α-hetero) is 1. The third-order valence-corrected chi connectivity index (χ3v) is 2.03. The Hall–Kier alpha value is -0.900. The lowest BCUT2D eigenvalue weighted by molar-refractivity contribution is -0.146. The number of hydrogen-bond acceptors (Lipinski definition) is 4. The van der Waals surface area contributed by atoms with Crippen LogP contribution in [0.25, 0.3) is 0 Å². The Bertz CT molecular complexity index is 203. The lowest BCUT2D eigenvalue weighted by Crippen LogP contribution is -2.38. The maximum absolute atomic E-state index is 11.3. The summed E-state index contributed by atoms with van der Waals surface area (Å²) in [7, 11) is 0. The largest absolute Gasteiger partial charge is 0.465 e. The highest BCUT2D eigenvalue weighted by Crippen LogP contribution is 2.06. The van der Waals surface area contributed by atoms with Crippen molar-refractivity contribution in [2.45, 2.75) is 32.2 Å². The number of ether oxygens (including phenoxy) is 1. The van der Waals surface area contributed by atoms with Gasteiger partial charge in [0.2, 0.25) is 0 Å². The van der Waals surface area contributed by atoms with Crippen molar-refractivity contribution < 1.29 is 14.3 Å². The Morgan fingerprint density at radius 3 is 3.15 bits per heavy atom. The molecule has 0 saturated carbocycles. The molecule has 1 heterocycles. The lowest BCUT2D eigenvalue weighted by atomic mass is 10.1. The van der Waals surface area contributed by atoms with Crippen LogP contribution in [0.1, 0.15) is 26.2 Å². The number of hydrogen-bond donors (Lipinski definition) is 1. The molecule has 1 unspecified atom stereocenters. The van der Waals surface area contributed by atoms with Crippen molar-refractivity contribution in [1.29, 1.82) is 0 Å². The van der Waals surface area contributed by atoms with Crippen LogP contribution in [0.2, 0.25) is 0 Å². The fourth-order valence-corrected chi connectivity index (χ4v) is 1.37. The molecule has 0 bridgehead atoms. The monoisotopic (exact) mass is 185 g/mol. The van der Waals surface area contributed by atoms with Crippen LogP contribution in [0, 0.1) is 0 Å². The van der Waals surface area contributed by atoms with Gasteiger partial charge in [0.05, 0.1) is 6.61 Å². The molecule has 1 rings (SSSR count). The SMILES string of the molecule is CCOC(=O)C1CC(=O)CCCN1. The summed E-state index contributed by atoms with van der Waals surface area (Å²) in [6.45, 7) is 2.84. The van der Waals surface area contributed by atoms with E-state index in [1.807, 2.05) is 0 Å². The Morgan fingerprint density at radius 1 is 1.69 bits per heavy atom. The second kappa shape index (κ2) is 4.97. The van der Waals surface area contributed by atoms with Crippen LogP contribution in [0.3, 0.4) is 0 Å². The third kappa shape index (κ3) is 3.14. The highest BCUT2D eigenvalue weighted by molar-refractivity contribution is 5.86. The molecule has 0 amide bonds. The van der Waals surface area contributed by atoms with Gasteiger partial charge in [-0.3, -0.25) is 9.59 Å². The van der Waals surface area contributed by atoms with E-state index in [2.05, 4.69) is 5.32 Å². The molecule has 1 aliphatic heterocycles. The summed E-state index contributed by atoms with van der Waals surface area (Å²) in [4.78, 5) is 22.4. The number of nitrogens with one attached hydrogen (secondary N) is 1. The minimum absolute atomic E-state index is 0.142. The van der Waals surface area contributed by atoms with Gasteiger partial charge in [0, 0.05) is 12.8 Å². The smallest absolute Gasteiger partial charge is 0.323 e. The van der Waals surface area contributed by atoms with Crippen molar-refractivity contribution in [3.05, 3.63) is 0 Å². The maximum Gasteiger partial charge on any atom is 0.323 e.